The lowest BCUT2D eigenvalue weighted by atomic mass is 9.89. The van der Waals surface area contributed by atoms with Crippen LogP contribution in [-0.2, 0) is 16.1 Å². The van der Waals surface area contributed by atoms with Crippen LogP contribution in [-0.4, -0.2) is 37.3 Å². The zero-order chi connectivity index (χ0) is 14.6. The summed E-state index contributed by atoms with van der Waals surface area (Å²) in [6.07, 6.45) is 2.48. The zero-order valence-corrected chi connectivity index (χ0v) is 11.9. The molecule has 0 saturated carbocycles. The molecule has 1 atom stereocenters. The van der Waals surface area contributed by atoms with Crippen molar-refractivity contribution < 1.29 is 9.53 Å². The van der Waals surface area contributed by atoms with E-state index in [4.69, 9.17) is 4.74 Å². The van der Waals surface area contributed by atoms with Crippen LogP contribution < -0.4 is 16.2 Å². The molecule has 0 radical (unpaired) electrons. The lowest BCUT2D eigenvalue weighted by molar-refractivity contribution is -0.123. The molecule has 0 aromatic carbocycles. The van der Waals surface area contributed by atoms with Crippen molar-refractivity contribution in [1.82, 2.24) is 9.88 Å². The molecule has 1 aliphatic rings. The molecule has 1 amide bonds. The monoisotopic (exact) mass is 279 g/mol. The Bertz CT molecular complexity index is 533. The van der Waals surface area contributed by atoms with E-state index < -0.39 is 0 Å². The average Bonchev–Trinajstić information content (AvgIpc) is 2.87. The second kappa shape index (κ2) is 6.19. The predicted octanol–water partition coefficient (Wildman–Crippen LogP) is 0.433. The average molecular weight is 279 g/mol. The summed E-state index contributed by atoms with van der Waals surface area (Å²) in [5.74, 6) is -0.0144. The topological polar surface area (TPSA) is 72.4 Å². The Morgan fingerprint density at radius 1 is 1.55 bits per heavy atom. The van der Waals surface area contributed by atoms with Gasteiger partial charge in [-0.3, -0.25) is 9.59 Å². The first-order chi connectivity index (χ1) is 9.55. The number of rotatable bonds is 5. The van der Waals surface area contributed by atoms with Gasteiger partial charge in [-0.1, -0.05) is 0 Å². The maximum Gasteiger partial charge on any atom is 0.250 e. The minimum Gasteiger partial charge on any atom is -0.383 e. The van der Waals surface area contributed by atoms with Gasteiger partial charge in [0.15, 0.2) is 0 Å². The molecule has 2 heterocycles. The van der Waals surface area contributed by atoms with E-state index in [0.717, 1.165) is 13.0 Å². The van der Waals surface area contributed by atoms with Crippen molar-refractivity contribution in [2.45, 2.75) is 19.9 Å². The van der Waals surface area contributed by atoms with Gasteiger partial charge in [0.1, 0.15) is 0 Å². The molecule has 1 unspecified atom stereocenters. The van der Waals surface area contributed by atoms with Crippen molar-refractivity contribution in [3.05, 3.63) is 28.7 Å². The summed E-state index contributed by atoms with van der Waals surface area (Å²) in [7, 11) is 1.59. The van der Waals surface area contributed by atoms with Crippen LogP contribution in [0.25, 0.3) is 0 Å². The van der Waals surface area contributed by atoms with Crippen LogP contribution in [0.3, 0.4) is 0 Å². The van der Waals surface area contributed by atoms with Crippen molar-refractivity contribution in [2.24, 2.45) is 5.41 Å². The maximum absolute atomic E-state index is 12.3. The quantitative estimate of drug-likeness (QED) is 0.820. The van der Waals surface area contributed by atoms with Gasteiger partial charge in [0.25, 0.3) is 5.56 Å². The third-order valence-electron chi connectivity index (χ3n) is 3.69. The van der Waals surface area contributed by atoms with Gasteiger partial charge in [0, 0.05) is 32.5 Å². The summed E-state index contributed by atoms with van der Waals surface area (Å²) in [6, 6.07) is 3.09. The minimum atomic E-state index is -0.381. The number of pyridine rings is 1. The summed E-state index contributed by atoms with van der Waals surface area (Å²) in [5, 5.41) is 6.08. The van der Waals surface area contributed by atoms with E-state index in [-0.39, 0.29) is 16.9 Å². The van der Waals surface area contributed by atoms with E-state index in [1.165, 1.54) is 10.6 Å². The Balaban J connectivity index is 2.09. The Morgan fingerprint density at radius 3 is 3.00 bits per heavy atom. The van der Waals surface area contributed by atoms with Gasteiger partial charge in [-0.25, -0.2) is 0 Å². The molecule has 1 aliphatic heterocycles. The van der Waals surface area contributed by atoms with E-state index in [0.29, 0.717) is 25.4 Å². The second-order valence-electron chi connectivity index (χ2n) is 5.38. The molecule has 110 valence electrons. The van der Waals surface area contributed by atoms with E-state index in [2.05, 4.69) is 10.6 Å². The highest BCUT2D eigenvalue weighted by Gasteiger charge is 2.36. The SMILES string of the molecule is COCCn1cc(NC(=O)C2(C)CCNC2)ccc1=O. The van der Waals surface area contributed by atoms with Crippen molar-refractivity contribution in [3.63, 3.8) is 0 Å². The Morgan fingerprint density at radius 2 is 2.35 bits per heavy atom. The molecule has 1 saturated heterocycles. The first-order valence-electron chi connectivity index (χ1n) is 6.77. The van der Waals surface area contributed by atoms with Crippen molar-refractivity contribution in [2.75, 3.05) is 32.1 Å². The number of anilines is 1. The number of aromatic nitrogens is 1. The molecule has 2 N–H and O–H groups in total. The molecule has 0 bridgehead atoms. The van der Waals surface area contributed by atoms with E-state index in [9.17, 15) is 9.59 Å². The molecule has 6 nitrogen and oxygen atoms in total. The summed E-state index contributed by atoms with van der Waals surface area (Å²) >= 11 is 0. The summed E-state index contributed by atoms with van der Waals surface area (Å²) in [6.45, 7) is 4.42. The second-order valence-corrected chi connectivity index (χ2v) is 5.38. The Hall–Kier alpha value is -1.66. The van der Waals surface area contributed by atoms with Gasteiger partial charge in [0.05, 0.1) is 17.7 Å². The van der Waals surface area contributed by atoms with Crippen LogP contribution in [0.5, 0.6) is 0 Å². The smallest absolute Gasteiger partial charge is 0.250 e. The highest BCUT2D eigenvalue weighted by atomic mass is 16.5. The molecule has 0 spiro atoms. The molecule has 1 fully saturated rings. The zero-order valence-electron chi connectivity index (χ0n) is 11.9. The van der Waals surface area contributed by atoms with Gasteiger partial charge in [-0.05, 0) is 26.0 Å². The van der Waals surface area contributed by atoms with Crippen molar-refractivity contribution >= 4 is 11.6 Å². The van der Waals surface area contributed by atoms with Crippen molar-refractivity contribution in [3.8, 4) is 0 Å². The highest BCUT2D eigenvalue weighted by Crippen LogP contribution is 2.26. The molecule has 20 heavy (non-hydrogen) atoms. The first-order valence-corrected chi connectivity index (χ1v) is 6.77. The lowest BCUT2D eigenvalue weighted by Crippen LogP contribution is -2.35. The number of carbonyl (C=O) groups is 1. The van der Waals surface area contributed by atoms with Crippen LogP contribution in [0.2, 0.25) is 0 Å². The number of carbonyl (C=O) groups excluding carboxylic acids is 1. The molecule has 1 aromatic rings. The van der Waals surface area contributed by atoms with Gasteiger partial charge >= 0.3 is 0 Å². The fourth-order valence-electron chi connectivity index (χ4n) is 2.26. The normalized spacial score (nSPS) is 21.9. The standard InChI is InChI=1S/C14H21N3O3/c1-14(5-6-15-10-14)13(19)16-11-3-4-12(18)17(9-11)7-8-20-2/h3-4,9,15H,5-8,10H2,1-2H3,(H,16,19). The number of nitrogens with one attached hydrogen (secondary N) is 2. The van der Waals surface area contributed by atoms with Gasteiger partial charge < -0.3 is 19.9 Å². The number of amides is 1. The summed E-state index contributed by atoms with van der Waals surface area (Å²) in [4.78, 5) is 24.0. The first kappa shape index (κ1) is 14.7. The number of hydrogen-bond donors (Lipinski definition) is 2. The van der Waals surface area contributed by atoms with Gasteiger partial charge in [0.2, 0.25) is 5.91 Å². The van der Waals surface area contributed by atoms with E-state index >= 15 is 0 Å². The summed E-state index contributed by atoms with van der Waals surface area (Å²) < 4.78 is 6.50. The number of nitrogens with zero attached hydrogens (tertiary/aromatic N) is 1. The minimum absolute atomic E-state index is 0.0144. The van der Waals surface area contributed by atoms with Gasteiger partial charge in [-0.2, -0.15) is 0 Å². The highest BCUT2D eigenvalue weighted by molar-refractivity contribution is 5.95. The van der Waals surface area contributed by atoms with E-state index in [1.54, 1.807) is 19.4 Å². The Labute approximate surface area is 118 Å². The predicted molar refractivity (Wildman–Crippen MR) is 76.8 cm³/mol. The van der Waals surface area contributed by atoms with Crippen LogP contribution in [0, 0.1) is 5.41 Å². The molecular formula is C14H21N3O3. The molecule has 0 aliphatic carbocycles. The molecule has 2 rings (SSSR count). The Kier molecular flexibility index (Phi) is 4.57. The summed E-state index contributed by atoms with van der Waals surface area (Å²) in [5.41, 5.74) is 0.153. The fourth-order valence-corrected chi connectivity index (χ4v) is 2.26. The van der Waals surface area contributed by atoms with Crippen LogP contribution >= 0.6 is 0 Å². The number of ether oxygens (including phenoxy) is 1. The largest absolute Gasteiger partial charge is 0.383 e. The molecule has 1 aromatic heterocycles. The van der Waals surface area contributed by atoms with Crippen molar-refractivity contribution in [1.29, 1.82) is 0 Å². The molecular weight excluding hydrogens is 258 g/mol. The third kappa shape index (κ3) is 3.26. The fraction of sp³-hybridized carbons (Fsp3) is 0.571. The maximum atomic E-state index is 12.3. The third-order valence-corrected chi connectivity index (χ3v) is 3.69. The lowest BCUT2D eigenvalue weighted by Gasteiger charge is -2.21. The number of hydrogen-bond acceptors (Lipinski definition) is 4. The number of methoxy groups -OCH3 is 1. The van der Waals surface area contributed by atoms with E-state index in [1.807, 2.05) is 6.92 Å². The van der Waals surface area contributed by atoms with Crippen LogP contribution in [0.1, 0.15) is 13.3 Å². The molecule has 6 heteroatoms. The van der Waals surface area contributed by atoms with Gasteiger partial charge in [-0.15, -0.1) is 0 Å². The van der Waals surface area contributed by atoms with Crippen LogP contribution in [0.4, 0.5) is 5.69 Å². The van der Waals surface area contributed by atoms with Crippen LogP contribution in [0.15, 0.2) is 23.1 Å².